The molecule has 6 nitrogen and oxygen atoms in total. The van der Waals surface area contributed by atoms with Gasteiger partial charge in [-0.3, -0.25) is 14.4 Å². The third-order valence-electron chi connectivity index (χ3n) is 4.11. The van der Waals surface area contributed by atoms with Crippen molar-refractivity contribution in [3.63, 3.8) is 0 Å². The van der Waals surface area contributed by atoms with Crippen molar-refractivity contribution >= 4 is 40.3 Å². The van der Waals surface area contributed by atoms with Gasteiger partial charge in [-0.05, 0) is 45.0 Å². The van der Waals surface area contributed by atoms with Gasteiger partial charge >= 0.3 is 0 Å². The van der Waals surface area contributed by atoms with E-state index in [2.05, 4.69) is 10.6 Å². The molecule has 0 aliphatic carbocycles. The maximum Gasteiger partial charge on any atom is 0.265 e. The predicted octanol–water partition coefficient (Wildman–Crippen LogP) is 3.69. The first kappa shape index (κ1) is 18.1. The quantitative estimate of drug-likeness (QED) is 0.784. The van der Waals surface area contributed by atoms with Crippen molar-refractivity contribution in [3.8, 4) is 5.75 Å². The Morgan fingerprint density at radius 2 is 2.00 bits per heavy atom. The number of aryl methyl sites for hydroxylation is 2. The SMILES string of the molecule is Cc1cc(C(=O)CCC(=O)Nc2ccc3c(c2)NC(=O)[C@H](C)O3)c(C)s1. The Hall–Kier alpha value is -2.67. The lowest BCUT2D eigenvalue weighted by Gasteiger charge is -2.23. The zero-order chi connectivity index (χ0) is 18.8. The molecule has 1 aliphatic heterocycles. The fourth-order valence-corrected chi connectivity index (χ4v) is 3.72. The van der Waals surface area contributed by atoms with Crippen molar-refractivity contribution in [1.82, 2.24) is 0 Å². The summed E-state index contributed by atoms with van der Waals surface area (Å²) >= 11 is 1.58. The van der Waals surface area contributed by atoms with Gasteiger partial charge in [-0.2, -0.15) is 0 Å². The van der Waals surface area contributed by atoms with Crippen LogP contribution in [0.3, 0.4) is 0 Å². The van der Waals surface area contributed by atoms with Gasteiger partial charge in [-0.1, -0.05) is 0 Å². The molecule has 1 atom stereocenters. The van der Waals surface area contributed by atoms with E-state index >= 15 is 0 Å². The summed E-state index contributed by atoms with van der Waals surface area (Å²) in [7, 11) is 0. The number of rotatable bonds is 5. The van der Waals surface area contributed by atoms with E-state index in [9.17, 15) is 14.4 Å². The number of nitrogens with one attached hydrogen (secondary N) is 2. The lowest BCUT2D eigenvalue weighted by molar-refractivity contribution is -0.122. The number of hydrogen-bond donors (Lipinski definition) is 2. The average molecular weight is 372 g/mol. The zero-order valence-electron chi connectivity index (χ0n) is 14.8. The molecule has 7 heteroatoms. The number of carbonyl (C=O) groups is 3. The number of fused-ring (bicyclic) bond motifs is 1. The molecule has 0 fully saturated rings. The molecule has 0 unspecified atom stereocenters. The summed E-state index contributed by atoms with van der Waals surface area (Å²) < 4.78 is 5.48. The molecule has 0 saturated carbocycles. The van der Waals surface area contributed by atoms with Crippen LogP contribution in [0.1, 0.15) is 39.9 Å². The number of carbonyl (C=O) groups excluding carboxylic acids is 3. The molecule has 0 spiro atoms. The molecule has 0 saturated heterocycles. The summed E-state index contributed by atoms with van der Waals surface area (Å²) in [4.78, 5) is 38.1. The van der Waals surface area contributed by atoms with Gasteiger partial charge in [0.25, 0.3) is 5.91 Å². The number of ether oxygens (including phenoxy) is 1. The van der Waals surface area contributed by atoms with E-state index in [1.165, 1.54) is 0 Å². The highest BCUT2D eigenvalue weighted by Crippen LogP contribution is 2.32. The van der Waals surface area contributed by atoms with Crippen molar-refractivity contribution in [1.29, 1.82) is 0 Å². The van der Waals surface area contributed by atoms with Gasteiger partial charge in [-0.15, -0.1) is 11.3 Å². The Morgan fingerprint density at radius 3 is 2.69 bits per heavy atom. The highest BCUT2D eigenvalue weighted by molar-refractivity contribution is 7.12. The molecule has 0 radical (unpaired) electrons. The average Bonchev–Trinajstić information content (AvgIpc) is 2.92. The maximum absolute atomic E-state index is 12.3. The molecule has 1 aliphatic rings. The standard InChI is InChI=1S/C19H20N2O4S/c1-10-8-14(12(3)26-10)16(22)5-7-18(23)20-13-4-6-17-15(9-13)21-19(24)11(2)25-17/h4,6,8-9,11H,5,7H2,1-3H3,(H,20,23)(H,21,24)/t11-/m0/s1. The van der Waals surface area contributed by atoms with Gasteiger partial charge in [0.05, 0.1) is 5.69 Å². The third-order valence-corrected chi connectivity index (χ3v) is 5.08. The van der Waals surface area contributed by atoms with E-state index in [4.69, 9.17) is 4.74 Å². The van der Waals surface area contributed by atoms with Crippen LogP contribution < -0.4 is 15.4 Å². The minimum atomic E-state index is -0.543. The molecule has 2 amide bonds. The van der Waals surface area contributed by atoms with Crippen LogP contribution in [-0.2, 0) is 9.59 Å². The van der Waals surface area contributed by atoms with Crippen LogP contribution in [0.5, 0.6) is 5.75 Å². The van der Waals surface area contributed by atoms with E-state index in [0.29, 0.717) is 22.7 Å². The minimum absolute atomic E-state index is 0.0258. The Bertz CT molecular complexity index is 888. The monoisotopic (exact) mass is 372 g/mol. The normalized spacial score (nSPS) is 15.7. The van der Waals surface area contributed by atoms with Crippen molar-refractivity contribution in [2.24, 2.45) is 0 Å². The Morgan fingerprint density at radius 1 is 1.23 bits per heavy atom. The molecule has 2 N–H and O–H groups in total. The summed E-state index contributed by atoms with van der Waals surface area (Å²) in [6.45, 7) is 5.54. The first-order valence-electron chi connectivity index (χ1n) is 8.35. The lowest BCUT2D eigenvalue weighted by atomic mass is 10.1. The summed E-state index contributed by atoms with van der Waals surface area (Å²) in [5, 5.41) is 5.48. The second-order valence-electron chi connectivity index (χ2n) is 6.26. The molecule has 136 valence electrons. The molecular formula is C19H20N2O4S. The van der Waals surface area contributed by atoms with Gasteiger partial charge in [0.2, 0.25) is 5.91 Å². The summed E-state index contributed by atoms with van der Waals surface area (Å²) in [6, 6.07) is 6.91. The fourth-order valence-electron chi connectivity index (χ4n) is 2.78. The number of hydrogen-bond acceptors (Lipinski definition) is 5. The molecule has 1 aromatic carbocycles. The van der Waals surface area contributed by atoms with Gasteiger partial charge in [-0.25, -0.2) is 0 Å². The van der Waals surface area contributed by atoms with Crippen LogP contribution >= 0.6 is 11.3 Å². The second kappa shape index (κ2) is 7.29. The topological polar surface area (TPSA) is 84.5 Å². The second-order valence-corrected chi connectivity index (χ2v) is 7.72. The van der Waals surface area contributed by atoms with E-state index in [1.54, 1.807) is 36.5 Å². The van der Waals surface area contributed by atoms with Crippen molar-refractivity contribution in [2.45, 2.75) is 39.7 Å². The number of thiophene rings is 1. The third kappa shape index (κ3) is 3.94. The predicted molar refractivity (Wildman–Crippen MR) is 101 cm³/mol. The first-order valence-corrected chi connectivity index (χ1v) is 9.17. The molecule has 3 rings (SSSR count). The maximum atomic E-state index is 12.3. The highest BCUT2D eigenvalue weighted by atomic mass is 32.1. The molecule has 1 aromatic heterocycles. The number of Topliss-reactive ketones (excluding diaryl/α,β-unsaturated/α-hetero) is 1. The largest absolute Gasteiger partial charge is 0.479 e. The van der Waals surface area contributed by atoms with Crippen LogP contribution in [-0.4, -0.2) is 23.7 Å². The van der Waals surface area contributed by atoms with Crippen LogP contribution in [0.15, 0.2) is 24.3 Å². The van der Waals surface area contributed by atoms with E-state index < -0.39 is 6.10 Å². The van der Waals surface area contributed by atoms with Gasteiger partial charge < -0.3 is 15.4 Å². The number of amides is 2. The lowest BCUT2D eigenvalue weighted by Crippen LogP contribution is -2.34. The first-order chi connectivity index (χ1) is 12.3. The molecule has 2 heterocycles. The van der Waals surface area contributed by atoms with Gasteiger partial charge in [0, 0.05) is 33.8 Å². The van der Waals surface area contributed by atoms with Crippen LogP contribution in [0.2, 0.25) is 0 Å². The van der Waals surface area contributed by atoms with E-state index in [-0.39, 0.29) is 30.4 Å². The Kier molecular flexibility index (Phi) is 5.08. The number of ketones is 1. The van der Waals surface area contributed by atoms with Crippen molar-refractivity contribution in [3.05, 3.63) is 39.6 Å². The highest BCUT2D eigenvalue weighted by Gasteiger charge is 2.23. The molecular weight excluding hydrogens is 352 g/mol. The van der Waals surface area contributed by atoms with E-state index in [1.807, 2.05) is 19.9 Å². The minimum Gasteiger partial charge on any atom is -0.479 e. The van der Waals surface area contributed by atoms with Crippen LogP contribution in [0, 0.1) is 13.8 Å². The number of benzene rings is 1. The Labute approximate surface area is 155 Å². The smallest absolute Gasteiger partial charge is 0.265 e. The van der Waals surface area contributed by atoms with Crippen molar-refractivity contribution < 1.29 is 19.1 Å². The molecule has 0 bridgehead atoms. The number of anilines is 2. The molecule has 26 heavy (non-hydrogen) atoms. The van der Waals surface area contributed by atoms with Gasteiger partial charge in [0.15, 0.2) is 11.9 Å². The summed E-state index contributed by atoms with van der Waals surface area (Å²) in [6.07, 6.45) is -0.284. The van der Waals surface area contributed by atoms with Crippen LogP contribution in [0.25, 0.3) is 0 Å². The van der Waals surface area contributed by atoms with Gasteiger partial charge in [0.1, 0.15) is 5.75 Å². The Balaban J connectivity index is 1.59. The summed E-state index contributed by atoms with van der Waals surface area (Å²) in [5.74, 6) is 0.0583. The zero-order valence-corrected chi connectivity index (χ0v) is 15.7. The van der Waals surface area contributed by atoms with Crippen LogP contribution in [0.4, 0.5) is 11.4 Å². The van der Waals surface area contributed by atoms with E-state index in [0.717, 1.165) is 9.75 Å². The van der Waals surface area contributed by atoms with Crippen molar-refractivity contribution in [2.75, 3.05) is 10.6 Å². The fraction of sp³-hybridized carbons (Fsp3) is 0.316. The molecule has 2 aromatic rings. The summed E-state index contributed by atoms with van der Waals surface area (Å²) in [5.41, 5.74) is 1.76.